The zero-order chi connectivity index (χ0) is 17.4. The molecule has 0 atom stereocenters. The third-order valence-electron chi connectivity index (χ3n) is 4.21. The van der Waals surface area contributed by atoms with Gasteiger partial charge in [-0.3, -0.25) is 0 Å². The summed E-state index contributed by atoms with van der Waals surface area (Å²) in [5, 5.41) is 3.95. The molecule has 0 bridgehead atoms. The molecule has 0 aliphatic heterocycles. The Bertz CT molecular complexity index is 813. The minimum Gasteiger partial charge on any atom is -0.334 e. The van der Waals surface area contributed by atoms with Crippen LogP contribution in [0.25, 0.3) is 11.5 Å². The number of sulfone groups is 1. The van der Waals surface area contributed by atoms with Crippen molar-refractivity contribution in [1.29, 1.82) is 0 Å². The van der Waals surface area contributed by atoms with E-state index < -0.39 is 26.9 Å². The number of hydrogen-bond donors (Lipinski definition) is 1. The van der Waals surface area contributed by atoms with Crippen LogP contribution in [0, 0.1) is 0 Å². The van der Waals surface area contributed by atoms with Crippen LogP contribution in [-0.2, 0) is 21.1 Å². The molecule has 1 aromatic heterocycles. The highest BCUT2D eigenvalue weighted by atomic mass is 32.2. The van der Waals surface area contributed by atoms with E-state index in [0.717, 1.165) is 25.7 Å². The molecule has 2 N–H and O–H groups in total. The van der Waals surface area contributed by atoms with Crippen LogP contribution in [0.3, 0.4) is 0 Å². The van der Waals surface area contributed by atoms with E-state index in [1.165, 1.54) is 12.1 Å². The minimum absolute atomic E-state index is 0.268. The van der Waals surface area contributed by atoms with E-state index in [9.17, 15) is 17.2 Å². The van der Waals surface area contributed by atoms with Crippen molar-refractivity contribution in [1.82, 2.24) is 10.1 Å². The van der Waals surface area contributed by atoms with Gasteiger partial charge in [0.25, 0.3) is 5.89 Å². The predicted molar refractivity (Wildman–Crippen MR) is 82.7 cm³/mol. The molecule has 1 aliphatic carbocycles. The number of hydrogen-bond acceptors (Lipinski definition) is 6. The van der Waals surface area contributed by atoms with Crippen LogP contribution in [-0.4, -0.2) is 24.3 Å². The predicted octanol–water partition coefficient (Wildman–Crippen LogP) is 2.60. The summed E-state index contributed by atoms with van der Waals surface area (Å²) in [7, 11) is -4.45. The maximum atomic E-state index is 12.4. The molecule has 2 aromatic rings. The maximum absolute atomic E-state index is 12.4. The molecule has 24 heavy (non-hydrogen) atoms. The van der Waals surface area contributed by atoms with Crippen LogP contribution in [0.4, 0.5) is 8.78 Å². The molecule has 0 amide bonds. The largest absolute Gasteiger partial charge is 0.337 e. The lowest BCUT2D eigenvalue weighted by molar-refractivity contribution is 0.234. The van der Waals surface area contributed by atoms with E-state index in [2.05, 4.69) is 10.1 Å². The van der Waals surface area contributed by atoms with Crippen LogP contribution in [0.1, 0.15) is 37.1 Å². The van der Waals surface area contributed by atoms with Crippen molar-refractivity contribution in [3.8, 4) is 11.5 Å². The van der Waals surface area contributed by atoms with Gasteiger partial charge in [0, 0.05) is 5.56 Å². The Kier molecular flexibility index (Phi) is 4.39. The van der Waals surface area contributed by atoms with Gasteiger partial charge in [-0.25, -0.2) is 8.42 Å². The van der Waals surface area contributed by atoms with Gasteiger partial charge >= 0.3 is 5.76 Å². The molecule has 9 heteroatoms. The summed E-state index contributed by atoms with van der Waals surface area (Å²) in [4.78, 5) is 4.33. The van der Waals surface area contributed by atoms with Gasteiger partial charge in [0.1, 0.15) is 0 Å². The summed E-state index contributed by atoms with van der Waals surface area (Å²) < 4.78 is 52.5. The second kappa shape index (κ2) is 6.21. The van der Waals surface area contributed by atoms with Gasteiger partial charge in [0.15, 0.2) is 5.82 Å². The summed E-state index contributed by atoms with van der Waals surface area (Å²) in [6.45, 7) is 0. The van der Waals surface area contributed by atoms with Crippen LogP contribution < -0.4 is 5.73 Å². The first-order valence-corrected chi connectivity index (χ1v) is 9.24. The van der Waals surface area contributed by atoms with Gasteiger partial charge in [-0.1, -0.05) is 30.1 Å². The lowest BCUT2D eigenvalue weighted by Gasteiger charge is -2.17. The van der Waals surface area contributed by atoms with Gasteiger partial charge in [-0.05, 0) is 30.5 Å². The van der Waals surface area contributed by atoms with E-state index in [4.69, 9.17) is 10.3 Å². The normalized spacial score (nSPS) is 17.5. The van der Waals surface area contributed by atoms with Gasteiger partial charge < -0.3 is 10.3 Å². The summed E-state index contributed by atoms with van der Waals surface area (Å²) in [5.41, 5.74) is 6.55. The van der Waals surface area contributed by atoms with Gasteiger partial charge in [-0.2, -0.15) is 13.8 Å². The lowest BCUT2D eigenvalue weighted by atomic mass is 9.99. The number of alkyl halides is 2. The second-order valence-electron chi connectivity index (χ2n) is 6.05. The summed E-state index contributed by atoms with van der Waals surface area (Å²) in [5.74, 6) is -3.38. The molecular formula is C15H17F2N3O3S. The first-order chi connectivity index (χ1) is 11.3. The van der Waals surface area contributed by atoms with Crippen molar-refractivity contribution >= 4 is 9.84 Å². The SMILES string of the molecule is NC1(c2noc(-c3ccc(CS(=O)(=O)C(F)F)cc3)n2)CCCC1. The van der Waals surface area contributed by atoms with Crippen molar-refractivity contribution in [2.45, 2.75) is 42.7 Å². The number of nitrogens with two attached hydrogens (primary N) is 1. The van der Waals surface area contributed by atoms with Crippen LogP contribution in [0.5, 0.6) is 0 Å². The molecule has 0 saturated heterocycles. The fraction of sp³-hybridized carbons (Fsp3) is 0.467. The third kappa shape index (κ3) is 3.32. The minimum atomic E-state index is -4.45. The molecule has 130 valence electrons. The first-order valence-electron chi connectivity index (χ1n) is 7.52. The van der Waals surface area contributed by atoms with Gasteiger partial charge in [0.2, 0.25) is 9.84 Å². The van der Waals surface area contributed by atoms with E-state index in [-0.39, 0.29) is 11.5 Å². The highest BCUT2D eigenvalue weighted by molar-refractivity contribution is 7.90. The molecule has 0 unspecified atom stereocenters. The molecule has 6 nitrogen and oxygen atoms in total. The third-order valence-corrected chi connectivity index (χ3v) is 5.49. The molecular weight excluding hydrogens is 340 g/mol. The van der Waals surface area contributed by atoms with E-state index in [1.54, 1.807) is 12.1 Å². The van der Waals surface area contributed by atoms with Crippen LogP contribution >= 0.6 is 0 Å². The molecule has 3 rings (SSSR count). The van der Waals surface area contributed by atoms with Crippen molar-refractivity contribution in [3.63, 3.8) is 0 Å². The van der Waals surface area contributed by atoms with Crippen LogP contribution in [0.15, 0.2) is 28.8 Å². The average molecular weight is 357 g/mol. The van der Waals surface area contributed by atoms with Crippen molar-refractivity contribution in [2.24, 2.45) is 5.73 Å². The van der Waals surface area contributed by atoms with E-state index >= 15 is 0 Å². The maximum Gasteiger partial charge on any atom is 0.337 e. The fourth-order valence-corrected chi connectivity index (χ4v) is 3.59. The summed E-state index contributed by atoms with van der Waals surface area (Å²) in [6, 6.07) is 6.02. The molecule has 0 spiro atoms. The highest BCUT2D eigenvalue weighted by Gasteiger charge is 2.36. The Morgan fingerprint density at radius 3 is 2.42 bits per heavy atom. The molecule has 1 heterocycles. The monoisotopic (exact) mass is 357 g/mol. The standard InChI is InChI=1S/C15H17F2N3O3S/c16-14(17)24(21,22)9-10-3-5-11(6-4-10)12-19-13(20-23-12)15(18)7-1-2-8-15/h3-6,14H,1-2,7-9,18H2. The van der Waals surface area contributed by atoms with Crippen LogP contribution in [0.2, 0.25) is 0 Å². The number of aromatic nitrogens is 2. The molecule has 1 aromatic carbocycles. The zero-order valence-corrected chi connectivity index (χ0v) is 13.6. The molecule has 1 fully saturated rings. The Morgan fingerprint density at radius 1 is 1.21 bits per heavy atom. The number of nitrogens with zero attached hydrogens (tertiary/aromatic N) is 2. The summed E-state index contributed by atoms with van der Waals surface area (Å²) >= 11 is 0. The van der Waals surface area contributed by atoms with Gasteiger partial charge in [-0.15, -0.1) is 0 Å². The Labute approximate surface area is 138 Å². The van der Waals surface area contributed by atoms with Gasteiger partial charge in [0.05, 0.1) is 11.3 Å². The van der Waals surface area contributed by atoms with E-state index in [0.29, 0.717) is 11.4 Å². The Hall–Kier alpha value is -1.87. The van der Waals surface area contributed by atoms with Crippen molar-refractivity contribution < 1.29 is 21.7 Å². The van der Waals surface area contributed by atoms with E-state index in [1.807, 2.05) is 0 Å². The lowest BCUT2D eigenvalue weighted by Crippen LogP contribution is -2.34. The smallest absolute Gasteiger partial charge is 0.334 e. The Morgan fingerprint density at radius 2 is 1.83 bits per heavy atom. The number of halogens is 2. The quantitative estimate of drug-likeness (QED) is 0.883. The first kappa shape index (κ1) is 17.0. The molecule has 0 radical (unpaired) electrons. The number of rotatable bonds is 5. The highest BCUT2D eigenvalue weighted by Crippen LogP contribution is 2.35. The Balaban J connectivity index is 1.78. The topological polar surface area (TPSA) is 99.1 Å². The molecule has 1 aliphatic rings. The van der Waals surface area contributed by atoms with Crippen molar-refractivity contribution in [3.05, 3.63) is 35.7 Å². The average Bonchev–Trinajstić information content (AvgIpc) is 3.17. The molecule has 1 saturated carbocycles. The fourth-order valence-electron chi connectivity index (χ4n) is 2.81. The van der Waals surface area contributed by atoms with Crippen molar-refractivity contribution in [2.75, 3.05) is 0 Å². The zero-order valence-electron chi connectivity index (χ0n) is 12.8. The second-order valence-corrected chi connectivity index (χ2v) is 8.02. The summed E-state index contributed by atoms with van der Waals surface area (Å²) in [6.07, 6.45) is 3.65. The number of benzene rings is 1.